The van der Waals surface area contributed by atoms with Crippen LogP contribution in [0.2, 0.25) is 0 Å². The van der Waals surface area contributed by atoms with E-state index >= 15 is 0 Å². The first-order valence-electron chi connectivity index (χ1n) is 7.54. The van der Waals surface area contributed by atoms with Gasteiger partial charge in [-0.1, -0.05) is 6.92 Å². The first kappa shape index (κ1) is 12.8. The van der Waals surface area contributed by atoms with E-state index in [4.69, 9.17) is 9.47 Å². The van der Waals surface area contributed by atoms with Gasteiger partial charge in [-0.15, -0.1) is 0 Å². The Morgan fingerprint density at radius 2 is 1.95 bits per heavy atom. The molecule has 0 saturated carbocycles. The number of aryl methyl sites for hydroxylation is 1. The average Bonchev–Trinajstić information content (AvgIpc) is 2.67. The van der Waals surface area contributed by atoms with Gasteiger partial charge in [-0.3, -0.25) is 0 Å². The molecule has 3 heteroatoms. The van der Waals surface area contributed by atoms with Crippen molar-refractivity contribution in [2.75, 3.05) is 19.8 Å². The second-order valence-electron chi connectivity index (χ2n) is 5.45. The van der Waals surface area contributed by atoms with Crippen molar-refractivity contribution in [1.82, 2.24) is 5.32 Å². The summed E-state index contributed by atoms with van der Waals surface area (Å²) in [5.74, 6) is 1.87. The maximum Gasteiger partial charge on any atom is 0.161 e. The summed E-state index contributed by atoms with van der Waals surface area (Å²) >= 11 is 0. The Labute approximate surface area is 115 Å². The summed E-state index contributed by atoms with van der Waals surface area (Å²) < 4.78 is 11.6. The van der Waals surface area contributed by atoms with Crippen molar-refractivity contribution in [3.8, 4) is 11.5 Å². The summed E-state index contributed by atoms with van der Waals surface area (Å²) in [5.41, 5.74) is 2.85. The molecule has 1 aromatic carbocycles. The van der Waals surface area contributed by atoms with E-state index in [1.807, 2.05) is 0 Å². The molecule has 0 fully saturated rings. The van der Waals surface area contributed by atoms with E-state index in [9.17, 15) is 0 Å². The van der Waals surface area contributed by atoms with Crippen LogP contribution in [-0.4, -0.2) is 19.8 Å². The summed E-state index contributed by atoms with van der Waals surface area (Å²) in [6.07, 6.45) is 5.80. The van der Waals surface area contributed by atoms with Crippen LogP contribution in [0.4, 0.5) is 0 Å². The van der Waals surface area contributed by atoms with Gasteiger partial charge in [-0.2, -0.15) is 0 Å². The Morgan fingerprint density at radius 1 is 1.16 bits per heavy atom. The number of ether oxygens (including phenoxy) is 2. The molecule has 1 aliphatic heterocycles. The van der Waals surface area contributed by atoms with Gasteiger partial charge in [-0.25, -0.2) is 0 Å². The van der Waals surface area contributed by atoms with Crippen molar-refractivity contribution in [2.45, 2.75) is 45.1 Å². The summed E-state index contributed by atoms with van der Waals surface area (Å²) in [6, 6.07) is 4.90. The van der Waals surface area contributed by atoms with Crippen LogP contribution >= 0.6 is 0 Å². The van der Waals surface area contributed by atoms with E-state index in [0.29, 0.717) is 6.04 Å². The Hall–Kier alpha value is -1.22. The standard InChI is InChI=1S/C16H23NO2/c1-2-7-17-14-6-3-5-12-10-15-16(11-13(12)14)19-9-4-8-18-15/h10-11,14,17H,2-9H2,1H3. The summed E-state index contributed by atoms with van der Waals surface area (Å²) in [5, 5.41) is 3.65. The van der Waals surface area contributed by atoms with Gasteiger partial charge in [-0.05, 0) is 55.5 Å². The normalized spacial score (nSPS) is 21.6. The molecule has 1 N–H and O–H groups in total. The minimum atomic E-state index is 0.487. The van der Waals surface area contributed by atoms with Crippen LogP contribution in [0.25, 0.3) is 0 Å². The maximum absolute atomic E-state index is 5.81. The monoisotopic (exact) mass is 261 g/mol. The fraction of sp³-hybridized carbons (Fsp3) is 0.625. The van der Waals surface area contributed by atoms with Crippen LogP contribution in [0.1, 0.15) is 49.8 Å². The molecule has 1 aromatic rings. The molecule has 3 rings (SSSR count). The van der Waals surface area contributed by atoms with Crippen LogP contribution < -0.4 is 14.8 Å². The zero-order valence-corrected chi connectivity index (χ0v) is 11.7. The van der Waals surface area contributed by atoms with Gasteiger partial charge in [0.1, 0.15) is 0 Å². The van der Waals surface area contributed by atoms with Crippen LogP contribution in [0, 0.1) is 0 Å². The Balaban J connectivity index is 1.90. The SMILES string of the molecule is CCCNC1CCCc2cc3c(cc21)OCCCO3. The highest BCUT2D eigenvalue weighted by molar-refractivity contribution is 5.49. The molecule has 1 aliphatic carbocycles. The number of rotatable bonds is 3. The number of fused-ring (bicyclic) bond motifs is 2. The second-order valence-corrected chi connectivity index (χ2v) is 5.45. The van der Waals surface area contributed by atoms with E-state index in [1.54, 1.807) is 0 Å². The highest BCUT2D eigenvalue weighted by Crippen LogP contribution is 2.39. The quantitative estimate of drug-likeness (QED) is 0.906. The number of nitrogens with one attached hydrogen (secondary N) is 1. The Morgan fingerprint density at radius 3 is 2.74 bits per heavy atom. The fourth-order valence-electron chi connectivity index (χ4n) is 2.99. The Bertz CT molecular complexity index is 445. The molecule has 3 nitrogen and oxygen atoms in total. The largest absolute Gasteiger partial charge is 0.490 e. The molecule has 1 heterocycles. The predicted molar refractivity (Wildman–Crippen MR) is 76.0 cm³/mol. The predicted octanol–water partition coefficient (Wildman–Crippen LogP) is 3.22. The molecule has 0 bridgehead atoms. The third-order valence-electron chi connectivity index (χ3n) is 3.96. The average molecular weight is 261 g/mol. The number of hydrogen-bond acceptors (Lipinski definition) is 3. The third-order valence-corrected chi connectivity index (χ3v) is 3.96. The van der Waals surface area contributed by atoms with Crippen LogP contribution in [0.3, 0.4) is 0 Å². The zero-order valence-electron chi connectivity index (χ0n) is 11.7. The first-order chi connectivity index (χ1) is 9.38. The van der Waals surface area contributed by atoms with Gasteiger partial charge in [0.05, 0.1) is 13.2 Å². The number of hydrogen-bond donors (Lipinski definition) is 1. The summed E-state index contributed by atoms with van der Waals surface area (Å²) in [4.78, 5) is 0. The van der Waals surface area contributed by atoms with E-state index in [2.05, 4.69) is 24.4 Å². The second kappa shape index (κ2) is 5.83. The van der Waals surface area contributed by atoms with Crippen molar-refractivity contribution in [2.24, 2.45) is 0 Å². The van der Waals surface area contributed by atoms with Crippen LogP contribution in [0.5, 0.6) is 11.5 Å². The van der Waals surface area contributed by atoms with E-state index < -0.39 is 0 Å². The molecule has 0 spiro atoms. The van der Waals surface area contributed by atoms with Crippen LogP contribution in [-0.2, 0) is 6.42 Å². The maximum atomic E-state index is 5.81. The number of benzene rings is 1. The Kier molecular flexibility index (Phi) is 3.92. The topological polar surface area (TPSA) is 30.5 Å². The molecule has 0 radical (unpaired) electrons. The van der Waals surface area contributed by atoms with E-state index in [0.717, 1.165) is 44.1 Å². The molecular formula is C16H23NO2. The first-order valence-corrected chi connectivity index (χ1v) is 7.54. The van der Waals surface area contributed by atoms with E-state index in [1.165, 1.54) is 30.4 Å². The lowest BCUT2D eigenvalue weighted by Crippen LogP contribution is -2.25. The molecular weight excluding hydrogens is 238 g/mol. The lowest BCUT2D eigenvalue weighted by molar-refractivity contribution is 0.297. The lowest BCUT2D eigenvalue weighted by Gasteiger charge is -2.27. The van der Waals surface area contributed by atoms with Crippen molar-refractivity contribution < 1.29 is 9.47 Å². The highest BCUT2D eigenvalue weighted by atomic mass is 16.5. The van der Waals surface area contributed by atoms with Gasteiger partial charge >= 0.3 is 0 Å². The van der Waals surface area contributed by atoms with Gasteiger partial charge in [0.2, 0.25) is 0 Å². The smallest absolute Gasteiger partial charge is 0.161 e. The molecule has 19 heavy (non-hydrogen) atoms. The van der Waals surface area contributed by atoms with Crippen molar-refractivity contribution in [3.05, 3.63) is 23.3 Å². The summed E-state index contributed by atoms with van der Waals surface area (Å²) in [6.45, 7) is 4.82. The molecule has 1 unspecified atom stereocenters. The molecule has 2 aliphatic rings. The fourth-order valence-corrected chi connectivity index (χ4v) is 2.99. The molecule has 0 saturated heterocycles. The van der Waals surface area contributed by atoms with Gasteiger partial charge in [0.15, 0.2) is 11.5 Å². The molecule has 0 aromatic heterocycles. The van der Waals surface area contributed by atoms with Crippen molar-refractivity contribution in [1.29, 1.82) is 0 Å². The van der Waals surface area contributed by atoms with Gasteiger partial charge in [0.25, 0.3) is 0 Å². The minimum absolute atomic E-state index is 0.487. The molecule has 104 valence electrons. The van der Waals surface area contributed by atoms with E-state index in [-0.39, 0.29) is 0 Å². The van der Waals surface area contributed by atoms with Crippen molar-refractivity contribution in [3.63, 3.8) is 0 Å². The third kappa shape index (κ3) is 2.71. The summed E-state index contributed by atoms with van der Waals surface area (Å²) in [7, 11) is 0. The molecule has 1 atom stereocenters. The van der Waals surface area contributed by atoms with Gasteiger partial charge in [0, 0.05) is 12.5 Å². The molecule has 0 amide bonds. The lowest BCUT2D eigenvalue weighted by atomic mass is 9.87. The zero-order chi connectivity index (χ0) is 13.1. The van der Waals surface area contributed by atoms with Crippen LogP contribution in [0.15, 0.2) is 12.1 Å². The highest BCUT2D eigenvalue weighted by Gasteiger charge is 2.23. The van der Waals surface area contributed by atoms with Crippen molar-refractivity contribution >= 4 is 0 Å². The van der Waals surface area contributed by atoms with Gasteiger partial charge < -0.3 is 14.8 Å². The minimum Gasteiger partial charge on any atom is -0.490 e.